The van der Waals surface area contributed by atoms with Crippen molar-refractivity contribution in [3.8, 4) is 11.8 Å². The lowest BCUT2D eigenvalue weighted by atomic mass is 10.1. The van der Waals surface area contributed by atoms with Crippen LogP contribution in [0.5, 0.6) is 5.75 Å². The fraction of sp³-hybridized carbons (Fsp3) is 0.133. The number of phenols is 1. The molecule has 17 heavy (non-hydrogen) atoms. The Morgan fingerprint density at radius 3 is 1.82 bits per heavy atom. The molecule has 0 atom stereocenters. The second kappa shape index (κ2) is 6.34. The first-order chi connectivity index (χ1) is 8.11. The van der Waals surface area contributed by atoms with E-state index < -0.39 is 0 Å². The van der Waals surface area contributed by atoms with Gasteiger partial charge in [-0.25, -0.2) is 0 Å². The van der Waals surface area contributed by atoms with Crippen molar-refractivity contribution >= 4 is 0 Å². The van der Waals surface area contributed by atoms with Crippen molar-refractivity contribution in [3.05, 3.63) is 65.2 Å². The summed E-state index contributed by atoms with van der Waals surface area (Å²) in [6.07, 6.45) is 0. The minimum Gasteiger partial charge on any atom is -0.508 e. The number of phenolic OH excluding ortho intramolecular Hbond substituents is 1. The van der Waals surface area contributed by atoms with E-state index in [0.29, 0.717) is 5.75 Å². The molecule has 0 radical (unpaired) electrons. The Balaban J connectivity index is 0.000000181. The first-order valence-electron chi connectivity index (χ1n) is 5.34. The number of hydrogen-bond donors (Lipinski definition) is 1. The molecule has 0 aromatic heterocycles. The van der Waals surface area contributed by atoms with Crippen LogP contribution in [0.4, 0.5) is 0 Å². The van der Waals surface area contributed by atoms with Gasteiger partial charge in [-0.05, 0) is 49.2 Å². The molecule has 2 heteroatoms. The van der Waals surface area contributed by atoms with E-state index in [-0.39, 0.29) is 0 Å². The van der Waals surface area contributed by atoms with E-state index in [4.69, 9.17) is 10.4 Å². The van der Waals surface area contributed by atoms with Crippen LogP contribution in [0.15, 0.2) is 48.5 Å². The standard InChI is InChI=1S/C9H9N.C6H6O/c1-7-3-8(2)5-9(4-7)6-10;7-6-4-2-1-3-5-6/h3-5H,1-2H3;1-5,7H. The van der Waals surface area contributed by atoms with E-state index in [1.807, 2.05) is 32.0 Å². The number of nitrogens with zero attached hydrogens (tertiary/aromatic N) is 1. The molecule has 0 spiro atoms. The predicted molar refractivity (Wildman–Crippen MR) is 68.7 cm³/mol. The molecule has 86 valence electrons. The monoisotopic (exact) mass is 225 g/mol. The topological polar surface area (TPSA) is 44.0 Å². The van der Waals surface area contributed by atoms with Gasteiger partial charge in [-0.2, -0.15) is 5.26 Å². The lowest BCUT2D eigenvalue weighted by Crippen LogP contribution is -1.79. The van der Waals surface area contributed by atoms with Crippen LogP contribution in [0.1, 0.15) is 16.7 Å². The molecular formula is C15H15NO. The van der Waals surface area contributed by atoms with Gasteiger partial charge in [-0.3, -0.25) is 0 Å². The zero-order valence-electron chi connectivity index (χ0n) is 10.0. The van der Waals surface area contributed by atoms with E-state index >= 15 is 0 Å². The fourth-order valence-corrected chi connectivity index (χ4v) is 1.47. The molecule has 0 fully saturated rings. The third-order valence-corrected chi connectivity index (χ3v) is 2.11. The maximum atomic E-state index is 8.63. The van der Waals surface area contributed by atoms with Crippen molar-refractivity contribution in [1.82, 2.24) is 0 Å². The van der Waals surface area contributed by atoms with Gasteiger partial charge in [-0.1, -0.05) is 24.3 Å². The van der Waals surface area contributed by atoms with Gasteiger partial charge in [0.2, 0.25) is 0 Å². The second-order valence-electron chi connectivity index (χ2n) is 3.82. The van der Waals surface area contributed by atoms with Gasteiger partial charge in [0, 0.05) is 0 Å². The smallest absolute Gasteiger partial charge is 0.115 e. The molecule has 0 aliphatic carbocycles. The third-order valence-electron chi connectivity index (χ3n) is 2.11. The number of benzene rings is 2. The molecule has 0 amide bonds. The highest BCUT2D eigenvalue weighted by Gasteiger charge is 1.91. The summed E-state index contributed by atoms with van der Waals surface area (Å²) in [4.78, 5) is 0. The molecule has 0 aliphatic rings. The van der Waals surface area contributed by atoms with E-state index in [1.165, 1.54) is 0 Å². The van der Waals surface area contributed by atoms with Gasteiger partial charge in [0.1, 0.15) is 5.75 Å². The lowest BCUT2D eigenvalue weighted by molar-refractivity contribution is 0.475. The predicted octanol–water partition coefficient (Wildman–Crippen LogP) is 3.57. The molecule has 0 saturated heterocycles. The highest BCUT2D eigenvalue weighted by Crippen LogP contribution is 2.06. The average Bonchev–Trinajstić information content (AvgIpc) is 2.29. The Morgan fingerprint density at radius 2 is 1.47 bits per heavy atom. The first-order valence-corrected chi connectivity index (χ1v) is 5.34. The highest BCUT2D eigenvalue weighted by atomic mass is 16.3. The van der Waals surface area contributed by atoms with Crippen LogP contribution in [0.25, 0.3) is 0 Å². The fourth-order valence-electron chi connectivity index (χ4n) is 1.47. The van der Waals surface area contributed by atoms with Crippen molar-refractivity contribution in [1.29, 1.82) is 5.26 Å². The molecule has 0 heterocycles. The summed E-state index contributed by atoms with van der Waals surface area (Å²) < 4.78 is 0. The summed E-state index contributed by atoms with van der Waals surface area (Å²) in [7, 11) is 0. The van der Waals surface area contributed by atoms with Crippen LogP contribution in [-0.4, -0.2) is 5.11 Å². The summed E-state index contributed by atoms with van der Waals surface area (Å²) in [5.74, 6) is 0.322. The maximum Gasteiger partial charge on any atom is 0.115 e. The Bertz CT molecular complexity index is 492. The second-order valence-corrected chi connectivity index (χ2v) is 3.82. The molecule has 2 aromatic rings. The molecule has 0 bridgehead atoms. The molecular weight excluding hydrogens is 210 g/mol. The molecule has 0 saturated carbocycles. The molecule has 2 nitrogen and oxygen atoms in total. The van der Waals surface area contributed by atoms with Crippen molar-refractivity contribution in [3.63, 3.8) is 0 Å². The number of para-hydroxylation sites is 1. The first kappa shape index (κ1) is 12.8. The van der Waals surface area contributed by atoms with Crippen LogP contribution in [-0.2, 0) is 0 Å². The summed E-state index contributed by atoms with van der Waals surface area (Å²) in [5.41, 5.74) is 3.05. The largest absolute Gasteiger partial charge is 0.508 e. The van der Waals surface area contributed by atoms with Crippen molar-refractivity contribution in [2.24, 2.45) is 0 Å². The van der Waals surface area contributed by atoms with Gasteiger partial charge in [0.15, 0.2) is 0 Å². The summed E-state index contributed by atoms with van der Waals surface area (Å²) >= 11 is 0. The minimum atomic E-state index is 0.322. The normalized spacial score (nSPS) is 8.76. The quantitative estimate of drug-likeness (QED) is 0.744. The minimum absolute atomic E-state index is 0.322. The van der Waals surface area contributed by atoms with Crippen LogP contribution >= 0.6 is 0 Å². The number of rotatable bonds is 0. The van der Waals surface area contributed by atoms with Crippen LogP contribution < -0.4 is 0 Å². The third kappa shape index (κ3) is 4.85. The van der Waals surface area contributed by atoms with Gasteiger partial charge >= 0.3 is 0 Å². The number of aromatic hydroxyl groups is 1. The van der Waals surface area contributed by atoms with Crippen molar-refractivity contribution in [2.75, 3.05) is 0 Å². The van der Waals surface area contributed by atoms with Gasteiger partial charge in [0.05, 0.1) is 11.6 Å². The average molecular weight is 225 g/mol. The zero-order chi connectivity index (χ0) is 12.7. The number of aryl methyl sites for hydroxylation is 2. The van der Waals surface area contributed by atoms with Crippen LogP contribution in [0.3, 0.4) is 0 Å². The molecule has 0 unspecified atom stereocenters. The molecule has 1 N–H and O–H groups in total. The van der Waals surface area contributed by atoms with E-state index in [0.717, 1.165) is 16.7 Å². The molecule has 2 rings (SSSR count). The Morgan fingerprint density at radius 1 is 0.941 bits per heavy atom. The SMILES string of the molecule is Cc1cc(C)cc(C#N)c1.Oc1ccccc1. The van der Waals surface area contributed by atoms with Crippen LogP contribution in [0.2, 0.25) is 0 Å². The summed E-state index contributed by atoms with van der Waals surface area (Å²) in [5, 5.41) is 17.2. The van der Waals surface area contributed by atoms with E-state index in [1.54, 1.807) is 24.3 Å². The zero-order valence-corrected chi connectivity index (χ0v) is 10.0. The van der Waals surface area contributed by atoms with Gasteiger partial charge in [-0.15, -0.1) is 0 Å². The van der Waals surface area contributed by atoms with Gasteiger partial charge in [0.25, 0.3) is 0 Å². The van der Waals surface area contributed by atoms with Crippen molar-refractivity contribution < 1.29 is 5.11 Å². The van der Waals surface area contributed by atoms with E-state index in [9.17, 15) is 0 Å². The number of nitriles is 1. The maximum absolute atomic E-state index is 8.63. The highest BCUT2D eigenvalue weighted by molar-refractivity contribution is 5.36. The van der Waals surface area contributed by atoms with Crippen molar-refractivity contribution in [2.45, 2.75) is 13.8 Å². The van der Waals surface area contributed by atoms with Gasteiger partial charge < -0.3 is 5.11 Å². The van der Waals surface area contributed by atoms with E-state index in [2.05, 4.69) is 12.1 Å². The lowest BCUT2D eigenvalue weighted by Gasteiger charge is -1.95. The summed E-state index contributed by atoms with van der Waals surface area (Å²) in [6.45, 7) is 3.99. The summed E-state index contributed by atoms with van der Waals surface area (Å²) in [6, 6.07) is 16.6. The Labute approximate surface area is 102 Å². The molecule has 2 aromatic carbocycles. The number of hydrogen-bond acceptors (Lipinski definition) is 2. The van der Waals surface area contributed by atoms with Crippen LogP contribution in [0, 0.1) is 25.2 Å². The Hall–Kier alpha value is -2.27. The Kier molecular flexibility index (Phi) is 4.77. The molecule has 0 aliphatic heterocycles.